The summed E-state index contributed by atoms with van der Waals surface area (Å²) in [5.41, 5.74) is 1.34. The van der Waals surface area contributed by atoms with Crippen molar-refractivity contribution in [3.63, 3.8) is 0 Å². The number of amides is 3. The van der Waals surface area contributed by atoms with Crippen molar-refractivity contribution in [2.45, 2.75) is 85.3 Å². The average Bonchev–Trinajstić information content (AvgIpc) is 4.16. The summed E-state index contributed by atoms with van der Waals surface area (Å²) < 4.78 is 38.1. The van der Waals surface area contributed by atoms with Gasteiger partial charge in [-0.2, -0.15) is 0 Å². The highest BCUT2D eigenvalue weighted by Gasteiger charge is 2.30. The molecule has 0 aliphatic carbocycles. The minimum absolute atomic E-state index is 0.0167. The molecular formula is C56H58F3N3O12S5. The Morgan fingerprint density at radius 2 is 0.797 bits per heavy atom. The van der Waals surface area contributed by atoms with E-state index in [4.69, 9.17) is 15.3 Å². The number of carbonyl (C=O) groups is 9. The predicted molar refractivity (Wildman–Crippen MR) is 306 cm³/mol. The van der Waals surface area contributed by atoms with Gasteiger partial charge in [-0.3, -0.25) is 43.2 Å². The summed E-state index contributed by atoms with van der Waals surface area (Å²) in [6.45, 7) is 12.3. The molecule has 6 N–H and O–H groups in total. The third kappa shape index (κ3) is 20.4. The molecule has 0 unspecified atom stereocenters. The van der Waals surface area contributed by atoms with Crippen LogP contribution in [-0.2, 0) is 48.0 Å². The zero-order valence-electron chi connectivity index (χ0n) is 44.0. The van der Waals surface area contributed by atoms with E-state index in [-0.39, 0.29) is 65.2 Å². The molecule has 6 aromatic rings. The molecule has 15 nitrogen and oxygen atoms in total. The molecule has 0 radical (unpaired) electrons. The number of ketones is 3. The summed E-state index contributed by atoms with van der Waals surface area (Å²) in [6, 6.07) is 20.9. The van der Waals surface area contributed by atoms with Crippen molar-refractivity contribution in [2.24, 2.45) is 5.41 Å². The molecule has 3 heterocycles. The highest BCUT2D eigenvalue weighted by molar-refractivity contribution is 8.02. The number of aliphatic carboxylic acids is 3. The van der Waals surface area contributed by atoms with Crippen LogP contribution in [0, 0.1) is 22.9 Å². The number of aryl methyl sites for hydroxylation is 3. The van der Waals surface area contributed by atoms with Gasteiger partial charge in [-0.15, -0.1) is 57.5 Å². The molecule has 6 rings (SSSR count). The van der Waals surface area contributed by atoms with Crippen LogP contribution in [0.4, 0.5) is 28.2 Å². The van der Waals surface area contributed by atoms with Gasteiger partial charge < -0.3 is 31.3 Å². The van der Waals surface area contributed by atoms with Gasteiger partial charge >= 0.3 is 17.9 Å². The van der Waals surface area contributed by atoms with E-state index < -0.39 is 45.5 Å². The number of halogens is 3. The Bertz CT molecular complexity index is 3170. The molecule has 420 valence electrons. The van der Waals surface area contributed by atoms with Crippen LogP contribution in [0.25, 0.3) is 0 Å². The number of anilines is 3. The Balaban J connectivity index is 0.000000256. The van der Waals surface area contributed by atoms with Crippen molar-refractivity contribution >= 4 is 126 Å². The van der Waals surface area contributed by atoms with Crippen LogP contribution in [0.2, 0.25) is 0 Å². The Morgan fingerprint density at radius 1 is 0.468 bits per heavy atom. The second-order valence-electron chi connectivity index (χ2n) is 18.5. The molecule has 79 heavy (non-hydrogen) atoms. The number of carbonyl (C=O) groups excluding carboxylic acids is 6. The van der Waals surface area contributed by atoms with Crippen molar-refractivity contribution in [1.82, 2.24) is 0 Å². The first-order valence-corrected chi connectivity index (χ1v) is 28.8. The van der Waals surface area contributed by atoms with Crippen molar-refractivity contribution in [3.05, 3.63) is 156 Å². The van der Waals surface area contributed by atoms with Crippen molar-refractivity contribution < 1.29 is 71.6 Å². The van der Waals surface area contributed by atoms with Gasteiger partial charge in [-0.1, -0.05) is 34.6 Å². The molecule has 3 aromatic carbocycles. The normalized spacial score (nSPS) is 11.0. The molecule has 23 heteroatoms. The zero-order valence-corrected chi connectivity index (χ0v) is 48.1. The monoisotopic (exact) mass is 1180 g/mol. The van der Waals surface area contributed by atoms with Gasteiger partial charge in [0.2, 0.25) is 17.7 Å². The van der Waals surface area contributed by atoms with Crippen molar-refractivity contribution in [3.8, 4) is 0 Å². The first-order valence-electron chi connectivity index (χ1n) is 24.2. The summed E-state index contributed by atoms with van der Waals surface area (Å²) in [6.07, 6.45) is 1.99. The second-order valence-corrected chi connectivity index (χ2v) is 24.5. The Kier molecular flexibility index (Phi) is 24.4. The van der Waals surface area contributed by atoms with Gasteiger partial charge in [0.05, 0.1) is 40.4 Å². The minimum atomic E-state index is -1.09. The lowest BCUT2D eigenvalue weighted by molar-refractivity contribution is -0.140. The van der Waals surface area contributed by atoms with Crippen LogP contribution in [0.15, 0.2) is 91.0 Å². The third-order valence-electron chi connectivity index (χ3n) is 11.0. The molecule has 0 bridgehead atoms. The number of carboxylic acid groups (broad SMARTS) is 3. The van der Waals surface area contributed by atoms with E-state index in [1.165, 1.54) is 121 Å². The Hall–Kier alpha value is -6.92. The molecular weight excluding hydrogens is 1120 g/mol. The largest absolute Gasteiger partial charge is 0.481 e. The highest BCUT2D eigenvalue weighted by atomic mass is 32.2. The molecule has 0 atom stereocenters. The molecule has 3 aromatic heterocycles. The van der Waals surface area contributed by atoms with E-state index in [9.17, 15) is 56.3 Å². The van der Waals surface area contributed by atoms with Gasteiger partial charge in [0, 0.05) is 37.7 Å². The Labute approximate surface area is 474 Å². The zero-order chi connectivity index (χ0) is 58.8. The fourth-order valence-electron chi connectivity index (χ4n) is 6.85. The number of hydrogen-bond donors (Lipinski definition) is 6. The number of rotatable bonds is 24. The quantitative estimate of drug-likeness (QED) is 0.0309. The lowest BCUT2D eigenvalue weighted by Gasteiger charge is -2.21. The molecule has 3 amide bonds. The molecule has 0 fully saturated rings. The number of thioether (sulfide) groups is 2. The molecule has 0 saturated carbocycles. The summed E-state index contributed by atoms with van der Waals surface area (Å²) in [5, 5.41) is 36.1. The molecule has 0 aliphatic heterocycles. The predicted octanol–water partition coefficient (Wildman–Crippen LogP) is 12.2. The van der Waals surface area contributed by atoms with Crippen LogP contribution in [0.5, 0.6) is 0 Å². The number of carboxylic acids is 3. The second kappa shape index (κ2) is 29.9. The van der Waals surface area contributed by atoms with Gasteiger partial charge in [0.25, 0.3) is 0 Å². The Morgan fingerprint density at radius 3 is 1.10 bits per heavy atom. The van der Waals surface area contributed by atoms with Gasteiger partial charge in [0.1, 0.15) is 37.2 Å². The smallest absolute Gasteiger partial charge is 0.319 e. The van der Waals surface area contributed by atoms with Crippen LogP contribution in [-0.4, -0.2) is 90.3 Å². The average molecular weight is 1180 g/mol. The lowest BCUT2D eigenvalue weighted by atomic mass is 9.85. The van der Waals surface area contributed by atoms with Crippen molar-refractivity contribution in [1.29, 1.82) is 0 Å². The van der Waals surface area contributed by atoms with E-state index >= 15 is 0 Å². The summed E-state index contributed by atoms with van der Waals surface area (Å²) >= 11 is 5.90. The first-order chi connectivity index (χ1) is 37.1. The fourth-order valence-corrected chi connectivity index (χ4v) is 11.1. The van der Waals surface area contributed by atoms with E-state index in [1.54, 1.807) is 32.0 Å². The van der Waals surface area contributed by atoms with Gasteiger partial charge in [-0.05, 0) is 130 Å². The standard InChI is InChI=1S/C20H22FNO4S.C19H20FNO4S2.C17H16FNO4S2/c1-4-14-9-15(18(26)12-5-7-13(21)8-6-12)19(27-14)22-16(23)10-20(2,3)11-17(24)25;1-4-13-9-14(16(23)11-5-7-12(20)8-6-11)17(27-13)21-15(22)10-26-19(2,3)18(24)25;1-2-12-7-13(16(23)10-3-5-11(18)6-4-10)17(25-12)19-14(20)8-24-9-15(21)22/h5-9H,4,10-11H2,1-3H3,(H,22,23)(H,24,25);5-9H,4,10H2,1-3H3,(H,21,22)(H,24,25);3-7H,2,8-9H2,1H3,(H,19,20)(H,21,22). The number of benzene rings is 3. The summed E-state index contributed by atoms with van der Waals surface area (Å²) in [7, 11) is 0. The molecule has 0 saturated heterocycles. The van der Waals surface area contributed by atoms with E-state index in [1.807, 2.05) is 20.8 Å². The van der Waals surface area contributed by atoms with Gasteiger partial charge in [0.15, 0.2) is 17.3 Å². The topological polar surface area (TPSA) is 250 Å². The van der Waals surface area contributed by atoms with E-state index in [0.717, 1.165) is 38.2 Å². The maximum Gasteiger partial charge on any atom is 0.319 e. The minimum Gasteiger partial charge on any atom is -0.481 e. The SMILES string of the molecule is CCc1cc(C(=O)c2ccc(F)cc2)c(NC(=O)CC(C)(C)CC(=O)O)s1.CCc1cc(C(=O)c2ccc(F)cc2)c(NC(=O)CSC(C)(C)C(=O)O)s1.CCc1cc(C(=O)c2ccc(F)cc2)c(NC(=O)CSCC(=O)O)s1. The number of nitrogens with one attached hydrogen (secondary N) is 3. The highest BCUT2D eigenvalue weighted by Crippen LogP contribution is 2.35. The maximum atomic E-state index is 13.1. The van der Waals surface area contributed by atoms with Crippen LogP contribution < -0.4 is 16.0 Å². The lowest BCUT2D eigenvalue weighted by Crippen LogP contribution is -2.29. The number of thiophene rings is 3. The van der Waals surface area contributed by atoms with E-state index in [0.29, 0.717) is 67.6 Å². The molecule has 0 aliphatic rings. The van der Waals surface area contributed by atoms with Crippen molar-refractivity contribution in [2.75, 3.05) is 33.2 Å². The van der Waals surface area contributed by atoms with Crippen LogP contribution >= 0.6 is 57.5 Å². The van der Waals surface area contributed by atoms with E-state index in [2.05, 4.69) is 16.0 Å². The number of hydrogen-bond acceptors (Lipinski definition) is 14. The van der Waals surface area contributed by atoms with Crippen LogP contribution in [0.1, 0.15) is 124 Å². The molecule has 0 spiro atoms. The first kappa shape index (κ1) is 64.6. The third-order valence-corrected chi connectivity index (χ3v) is 16.8. The summed E-state index contributed by atoms with van der Waals surface area (Å²) in [5.74, 6) is -6.50. The maximum absolute atomic E-state index is 13.1. The summed E-state index contributed by atoms with van der Waals surface area (Å²) in [4.78, 5) is 110. The fraction of sp³-hybridized carbons (Fsp3) is 0.304. The van der Waals surface area contributed by atoms with Gasteiger partial charge in [-0.25, -0.2) is 13.2 Å². The van der Waals surface area contributed by atoms with Crippen LogP contribution in [0.3, 0.4) is 0 Å².